The summed E-state index contributed by atoms with van der Waals surface area (Å²) >= 11 is 1.61. The van der Waals surface area contributed by atoms with Gasteiger partial charge in [-0.3, -0.25) is 13.9 Å². The minimum Gasteiger partial charge on any atom is -0.422 e. The number of carbonyl (C=O) groups is 2. The minimum atomic E-state index is -2.72. The molecule has 0 unspecified atom stereocenters. The topological polar surface area (TPSA) is 120 Å². The van der Waals surface area contributed by atoms with E-state index in [0.29, 0.717) is 29.3 Å². The molecule has 3 aromatic rings. The van der Waals surface area contributed by atoms with Crippen LogP contribution in [0.4, 0.5) is 16.2 Å². The first-order valence-electron chi connectivity index (χ1n) is 10.8. The molecule has 0 aliphatic heterocycles. The Kier molecular flexibility index (Phi) is 8.87. The van der Waals surface area contributed by atoms with Gasteiger partial charge in [0.1, 0.15) is 0 Å². The van der Waals surface area contributed by atoms with Crippen molar-refractivity contribution >= 4 is 42.1 Å². The number of anilines is 2. The SMILES string of the molecule is CCP(=O)(CC)OCOC(=O)NCc1ccc(C(=O)Nc2cc(-c3cccs3)ccc2N)cc1. The smallest absolute Gasteiger partial charge is 0.409 e. The Balaban J connectivity index is 1.51. The number of alkyl carbamates (subject to hydrolysis) is 1. The number of amides is 2. The molecule has 2 aromatic carbocycles. The van der Waals surface area contributed by atoms with Crippen LogP contribution < -0.4 is 16.4 Å². The zero-order valence-electron chi connectivity index (χ0n) is 19.1. The average molecular weight is 502 g/mol. The third-order valence-electron chi connectivity index (χ3n) is 5.20. The van der Waals surface area contributed by atoms with Crippen LogP contribution in [0.15, 0.2) is 60.0 Å². The van der Waals surface area contributed by atoms with E-state index in [9.17, 15) is 14.2 Å². The lowest BCUT2D eigenvalue weighted by Crippen LogP contribution is -2.24. The highest BCUT2D eigenvalue weighted by Crippen LogP contribution is 2.45. The van der Waals surface area contributed by atoms with Crippen molar-refractivity contribution in [1.29, 1.82) is 0 Å². The molecule has 0 atom stereocenters. The maximum Gasteiger partial charge on any atom is 0.409 e. The van der Waals surface area contributed by atoms with Crippen LogP contribution in [0.3, 0.4) is 0 Å². The third-order valence-corrected chi connectivity index (χ3v) is 8.62. The number of ether oxygens (including phenoxy) is 1. The standard InChI is InChI=1S/C24H28N3O5PS/c1-3-33(30,4-2)32-16-31-24(29)26-15-17-7-9-18(10-8-17)23(28)27-21-14-19(11-12-20(21)25)22-6-5-13-34-22/h5-14H,3-4,15-16,25H2,1-2H3,(H,26,29)(H,27,28). The second kappa shape index (κ2) is 11.8. The Hall–Kier alpha value is -3.13. The molecule has 0 radical (unpaired) electrons. The maximum atomic E-state index is 12.7. The molecule has 0 saturated heterocycles. The van der Waals surface area contributed by atoms with Gasteiger partial charge in [-0.15, -0.1) is 11.3 Å². The highest BCUT2D eigenvalue weighted by Gasteiger charge is 2.18. The van der Waals surface area contributed by atoms with E-state index >= 15 is 0 Å². The lowest BCUT2D eigenvalue weighted by molar-refractivity contribution is 0.0613. The number of hydrogen-bond acceptors (Lipinski definition) is 7. The molecule has 0 fully saturated rings. The van der Waals surface area contributed by atoms with Crippen LogP contribution in [0.1, 0.15) is 29.8 Å². The van der Waals surface area contributed by atoms with Crippen molar-refractivity contribution in [2.24, 2.45) is 0 Å². The Labute approximate surface area is 202 Å². The maximum absolute atomic E-state index is 12.7. The second-order valence-electron chi connectivity index (χ2n) is 7.41. The molecule has 1 heterocycles. The van der Waals surface area contributed by atoms with Gasteiger partial charge in [0, 0.05) is 29.3 Å². The summed E-state index contributed by atoms with van der Waals surface area (Å²) in [4.78, 5) is 25.6. The van der Waals surface area contributed by atoms with Gasteiger partial charge in [0.15, 0.2) is 0 Å². The predicted molar refractivity (Wildman–Crippen MR) is 137 cm³/mol. The summed E-state index contributed by atoms with van der Waals surface area (Å²) in [6.45, 7) is 3.38. The predicted octanol–water partition coefficient (Wildman–Crippen LogP) is 5.77. The fourth-order valence-electron chi connectivity index (χ4n) is 3.04. The zero-order chi connectivity index (χ0) is 24.6. The number of nitrogens with one attached hydrogen (secondary N) is 2. The first-order valence-corrected chi connectivity index (χ1v) is 13.7. The molecule has 34 heavy (non-hydrogen) atoms. The van der Waals surface area contributed by atoms with Gasteiger partial charge in [-0.25, -0.2) is 4.79 Å². The average Bonchev–Trinajstić information content (AvgIpc) is 3.39. The molecule has 0 aliphatic carbocycles. The number of benzene rings is 2. The number of nitrogens with two attached hydrogens (primary N) is 1. The molecule has 0 saturated carbocycles. The highest BCUT2D eigenvalue weighted by atomic mass is 32.1. The number of thiophene rings is 1. The Bertz CT molecular complexity index is 1160. The van der Waals surface area contributed by atoms with Crippen LogP contribution in [0.5, 0.6) is 0 Å². The summed E-state index contributed by atoms with van der Waals surface area (Å²) in [5.74, 6) is -0.289. The van der Waals surface area contributed by atoms with Crippen LogP contribution >= 0.6 is 18.7 Å². The quantitative estimate of drug-likeness (QED) is 0.184. The van der Waals surface area contributed by atoms with Crippen molar-refractivity contribution in [1.82, 2.24) is 5.32 Å². The molecule has 0 spiro atoms. The summed E-state index contributed by atoms with van der Waals surface area (Å²) in [5, 5.41) is 7.44. The monoisotopic (exact) mass is 501 g/mol. The molecule has 4 N–H and O–H groups in total. The van der Waals surface area contributed by atoms with Crippen molar-refractivity contribution in [3.8, 4) is 10.4 Å². The van der Waals surface area contributed by atoms with E-state index < -0.39 is 13.5 Å². The summed E-state index contributed by atoms with van der Waals surface area (Å²) < 4.78 is 22.2. The molecule has 10 heteroatoms. The Morgan fingerprint density at radius 3 is 2.44 bits per heavy atom. The molecule has 3 rings (SSSR count). The molecular formula is C24H28N3O5PS. The third kappa shape index (κ3) is 6.93. The van der Waals surface area contributed by atoms with Gasteiger partial charge in [0.05, 0.1) is 11.4 Å². The molecule has 2 amide bonds. The van der Waals surface area contributed by atoms with E-state index in [1.54, 1.807) is 55.5 Å². The van der Waals surface area contributed by atoms with Crippen molar-refractivity contribution < 1.29 is 23.4 Å². The van der Waals surface area contributed by atoms with E-state index in [0.717, 1.165) is 16.0 Å². The van der Waals surface area contributed by atoms with Gasteiger partial charge in [-0.05, 0) is 46.8 Å². The Morgan fingerprint density at radius 2 is 1.79 bits per heavy atom. The summed E-state index contributed by atoms with van der Waals surface area (Å²) in [6.07, 6.45) is 0.101. The fourth-order valence-corrected chi connectivity index (χ4v) is 4.82. The van der Waals surface area contributed by atoms with Crippen molar-refractivity contribution in [3.63, 3.8) is 0 Å². The van der Waals surface area contributed by atoms with Crippen LogP contribution in [0, 0.1) is 0 Å². The Morgan fingerprint density at radius 1 is 1.06 bits per heavy atom. The summed E-state index contributed by atoms with van der Waals surface area (Å²) in [5.41, 5.74) is 9.28. The van der Waals surface area contributed by atoms with Gasteiger partial charge in [0.25, 0.3) is 5.91 Å². The van der Waals surface area contributed by atoms with Crippen molar-refractivity contribution in [2.75, 3.05) is 30.2 Å². The van der Waals surface area contributed by atoms with E-state index in [1.807, 2.05) is 29.6 Å². The van der Waals surface area contributed by atoms with E-state index in [4.69, 9.17) is 15.0 Å². The van der Waals surface area contributed by atoms with Gasteiger partial charge in [-0.2, -0.15) is 0 Å². The number of rotatable bonds is 10. The lowest BCUT2D eigenvalue weighted by atomic mass is 10.1. The number of nitrogen functional groups attached to an aromatic ring is 1. The summed E-state index contributed by atoms with van der Waals surface area (Å²) in [6, 6.07) is 16.3. The van der Waals surface area contributed by atoms with E-state index in [-0.39, 0.29) is 19.2 Å². The normalized spacial score (nSPS) is 11.1. The minimum absolute atomic E-state index is 0.204. The highest BCUT2D eigenvalue weighted by molar-refractivity contribution is 7.58. The first kappa shape index (κ1) is 25.5. The van der Waals surface area contributed by atoms with Crippen molar-refractivity contribution in [2.45, 2.75) is 20.4 Å². The number of hydrogen-bond donors (Lipinski definition) is 3. The molecule has 8 nitrogen and oxygen atoms in total. The second-order valence-corrected chi connectivity index (χ2v) is 11.5. The zero-order valence-corrected chi connectivity index (χ0v) is 20.8. The van der Waals surface area contributed by atoms with Crippen LogP contribution in [-0.4, -0.2) is 31.1 Å². The summed E-state index contributed by atoms with van der Waals surface area (Å²) in [7, 11) is -2.72. The lowest BCUT2D eigenvalue weighted by Gasteiger charge is -2.14. The van der Waals surface area contributed by atoms with Crippen LogP contribution in [0.25, 0.3) is 10.4 Å². The van der Waals surface area contributed by atoms with Gasteiger partial charge < -0.3 is 21.1 Å². The van der Waals surface area contributed by atoms with E-state index in [2.05, 4.69) is 10.6 Å². The molecular weight excluding hydrogens is 473 g/mol. The number of carbonyl (C=O) groups excluding carboxylic acids is 2. The van der Waals surface area contributed by atoms with Gasteiger partial charge in [0.2, 0.25) is 14.2 Å². The molecule has 0 aliphatic rings. The largest absolute Gasteiger partial charge is 0.422 e. The molecule has 0 bridgehead atoms. The van der Waals surface area contributed by atoms with Crippen LogP contribution in [-0.2, 0) is 20.4 Å². The van der Waals surface area contributed by atoms with Gasteiger partial charge >= 0.3 is 6.09 Å². The van der Waals surface area contributed by atoms with Crippen molar-refractivity contribution in [3.05, 3.63) is 71.1 Å². The fraction of sp³-hybridized carbons (Fsp3) is 0.250. The van der Waals surface area contributed by atoms with Gasteiger partial charge in [-0.1, -0.05) is 38.1 Å². The molecule has 180 valence electrons. The van der Waals surface area contributed by atoms with E-state index in [1.165, 1.54) is 0 Å². The van der Waals surface area contributed by atoms with Crippen LogP contribution in [0.2, 0.25) is 0 Å². The first-order chi connectivity index (χ1) is 16.3. The molecule has 1 aromatic heterocycles.